The standard InChI is InChI=1S/C12H22N2O/c1-9(2)12(5-6-12)11(15)14-8-7-13-10(3)4/h10,13H,1,5-8H2,2-4H3,(H,14,15). The Bertz CT molecular complexity index is 254. The molecule has 0 heterocycles. The fourth-order valence-electron chi connectivity index (χ4n) is 1.68. The highest BCUT2D eigenvalue weighted by atomic mass is 16.2. The largest absolute Gasteiger partial charge is 0.354 e. The summed E-state index contributed by atoms with van der Waals surface area (Å²) in [5.41, 5.74) is 0.773. The maximum atomic E-state index is 11.8. The van der Waals surface area contributed by atoms with Crippen LogP contribution in [0, 0.1) is 5.41 Å². The zero-order valence-corrected chi connectivity index (χ0v) is 10.0. The van der Waals surface area contributed by atoms with Crippen LogP contribution in [0.25, 0.3) is 0 Å². The van der Waals surface area contributed by atoms with E-state index >= 15 is 0 Å². The maximum Gasteiger partial charge on any atom is 0.230 e. The van der Waals surface area contributed by atoms with Crippen molar-refractivity contribution in [1.29, 1.82) is 0 Å². The molecule has 86 valence electrons. The van der Waals surface area contributed by atoms with E-state index in [1.807, 2.05) is 6.92 Å². The Morgan fingerprint density at radius 2 is 2.00 bits per heavy atom. The van der Waals surface area contributed by atoms with Crippen LogP contribution < -0.4 is 10.6 Å². The third kappa shape index (κ3) is 3.06. The van der Waals surface area contributed by atoms with Crippen molar-refractivity contribution in [2.75, 3.05) is 13.1 Å². The molecule has 1 rings (SSSR count). The second-order valence-corrected chi connectivity index (χ2v) is 4.73. The van der Waals surface area contributed by atoms with Gasteiger partial charge in [0.15, 0.2) is 0 Å². The van der Waals surface area contributed by atoms with E-state index in [1.54, 1.807) is 0 Å². The van der Waals surface area contributed by atoms with Gasteiger partial charge in [-0.2, -0.15) is 0 Å². The summed E-state index contributed by atoms with van der Waals surface area (Å²) >= 11 is 0. The third-order valence-corrected chi connectivity index (χ3v) is 2.96. The highest BCUT2D eigenvalue weighted by Gasteiger charge is 2.50. The van der Waals surface area contributed by atoms with Gasteiger partial charge in [0.2, 0.25) is 5.91 Å². The van der Waals surface area contributed by atoms with Crippen molar-refractivity contribution in [3.8, 4) is 0 Å². The first-order chi connectivity index (χ1) is 6.99. The Morgan fingerprint density at radius 3 is 2.40 bits per heavy atom. The summed E-state index contributed by atoms with van der Waals surface area (Å²) in [4.78, 5) is 11.8. The number of carbonyl (C=O) groups is 1. The fraction of sp³-hybridized carbons (Fsp3) is 0.750. The summed E-state index contributed by atoms with van der Waals surface area (Å²) in [6.45, 7) is 11.6. The Kier molecular flexibility index (Phi) is 3.91. The minimum atomic E-state index is -0.224. The molecule has 0 spiro atoms. The Morgan fingerprint density at radius 1 is 1.40 bits per heavy atom. The summed E-state index contributed by atoms with van der Waals surface area (Å²) in [5.74, 6) is 0.153. The molecule has 2 N–H and O–H groups in total. The molecule has 0 aromatic carbocycles. The Balaban J connectivity index is 2.22. The molecule has 3 nitrogen and oxygen atoms in total. The molecular formula is C12H22N2O. The molecule has 0 bridgehead atoms. The van der Waals surface area contributed by atoms with Crippen molar-refractivity contribution in [3.63, 3.8) is 0 Å². The Hall–Kier alpha value is -0.830. The summed E-state index contributed by atoms with van der Waals surface area (Å²) in [6.07, 6.45) is 1.93. The van der Waals surface area contributed by atoms with Crippen molar-refractivity contribution >= 4 is 5.91 Å². The zero-order valence-electron chi connectivity index (χ0n) is 10.0. The minimum absolute atomic E-state index is 0.153. The van der Waals surface area contributed by atoms with E-state index in [-0.39, 0.29) is 11.3 Å². The van der Waals surface area contributed by atoms with Gasteiger partial charge in [-0.05, 0) is 19.8 Å². The Labute approximate surface area is 92.3 Å². The highest BCUT2D eigenvalue weighted by molar-refractivity contribution is 5.88. The van der Waals surface area contributed by atoms with Crippen LogP contribution in [0.2, 0.25) is 0 Å². The van der Waals surface area contributed by atoms with E-state index in [1.165, 1.54) is 0 Å². The maximum absolute atomic E-state index is 11.8. The van der Waals surface area contributed by atoms with Crippen LogP contribution in [-0.2, 0) is 4.79 Å². The van der Waals surface area contributed by atoms with Crippen molar-refractivity contribution < 1.29 is 4.79 Å². The van der Waals surface area contributed by atoms with Crippen LogP contribution in [0.1, 0.15) is 33.6 Å². The first-order valence-electron chi connectivity index (χ1n) is 5.67. The first-order valence-corrected chi connectivity index (χ1v) is 5.67. The normalized spacial score (nSPS) is 17.6. The third-order valence-electron chi connectivity index (χ3n) is 2.96. The monoisotopic (exact) mass is 210 g/mol. The van der Waals surface area contributed by atoms with Crippen LogP contribution in [-0.4, -0.2) is 25.0 Å². The van der Waals surface area contributed by atoms with Gasteiger partial charge in [-0.3, -0.25) is 4.79 Å². The van der Waals surface area contributed by atoms with Gasteiger partial charge in [0.05, 0.1) is 5.41 Å². The predicted molar refractivity (Wildman–Crippen MR) is 62.6 cm³/mol. The summed E-state index contributed by atoms with van der Waals surface area (Å²) in [5, 5.41) is 6.22. The highest BCUT2D eigenvalue weighted by Crippen LogP contribution is 2.51. The molecule has 15 heavy (non-hydrogen) atoms. The molecular weight excluding hydrogens is 188 g/mol. The summed E-state index contributed by atoms with van der Waals surface area (Å²) < 4.78 is 0. The molecule has 0 radical (unpaired) electrons. The number of rotatable bonds is 6. The molecule has 0 atom stereocenters. The van der Waals surface area contributed by atoms with E-state index in [9.17, 15) is 4.79 Å². The lowest BCUT2D eigenvalue weighted by Crippen LogP contribution is -2.38. The molecule has 0 aliphatic heterocycles. The average Bonchev–Trinajstić information content (AvgIpc) is 2.92. The van der Waals surface area contributed by atoms with Crippen molar-refractivity contribution in [3.05, 3.63) is 12.2 Å². The topological polar surface area (TPSA) is 41.1 Å². The van der Waals surface area contributed by atoms with Gasteiger partial charge in [0.1, 0.15) is 0 Å². The van der Waals surface area contributed by atoms with E-state index in [0.717, 1.165) is 25.0 Å². The number of amides is 1. The number of carbonyl (C=O) groups excluding carboxylic acids is 1. The van der Waals surface area contributed by atoms with Gasteiger partial charge in [0.25, 0.3) is 0 Å². The SMILES string of the molecule is C=C(C)C1(C(=O)NCCNC(C)C)CC1. The van der Waals surface area contributed by atoms with Gasteiger partial charge < -0.3 is 10.6 Å². The number of hydrogen-bond donors (Lipinski definition) is 2. The van der Waals surface area contributed by atoms with E-state index in [2.05, 4.69) is 31.1 Å². The van der Waals surface area contributed by atoms with E-state index in [0.29, 0.717) is 12.6 Å². The lowest BCUT2D eigenvalue weighted by atomic mass is 9.98. The molecule has 1 aliphatic rings. The van der Waals surface area contributed by atoms with E-state index < -0.39 is 0 Å². The minimum Gasteiger partial charge on any atom is -0.354 e. The molecule has 3 heteroatoms. The van der Waals surface area contributed by atoms with Crippen molar-refractivity contribution in [2.45, 2.75) is 39.7 Å². The predicted octanol–water partition coefficient (Wildman–Crippen LogP) is 1.46. The number of hydrogen-bond acceptors (Lipinski definition) is 2. The second kappa shape index (κ2) is 4.79. The van der Waals surface area contributed by atoms with Gasteiger partial charge in [-0.25, -0.2) is 0 Å². The molecule has 0 aromatic rings. The van der Waals surface area contributed by atoms with Crippen LogP contribution in [0.3, 0.4) is 0 Å². The van der Waals surface area contributed by atoms with Crippen molar-refractivity contribution in [1.82, 2.24) is 10.6 Å². The van der Waals surface area contributed by atoms with Gasteiger partial charge in [-0.1, -0.05) is 26.0 Å². The lowest BCUT2D eigenvalue weighted by Gasteiger charge is -2.15. The fourth-order valence-corrected chi connectivity index (χ4v) is 1.68. The summed E-state index contributed by atoms with van der Waals surface area (Å²) in [6, 6.07) is 0.470. The lowest BCUT2D eigenvalue weighted by molar-refractivity contribution is -0.124. The molecule has 0 saturated heterocycles. The molecule has 1 amide bonds. The molecule has 1 aliphatic carbocycles. The van der Waals surface area contributed by atoms with Crippen LogP contribution in [0.4, 0.5) is 0 Å². The van der Waals surface area contributed by atoms with Crippen LogP contribution in [0.5, 0.6) is 0 Å². The molecule has 1 fully saturated rings. The quantitative estimate of drug-likeness (QED) is 0.515. The molecule has 0 aromatic heterocycles. The molecule has 0 unspecified atom stereocenters. The van der Waals surface area contributed by atoms with Crippen molar-refractivity contribution in [2.24, 2.45) is 5.41 Å². The number of nitrogens with one attached hydrogen (secondary N) is 2. The average molecular weight is 210 g/mol. The smallest absolute Gasteiger partial charge is 0.230 e. The summed E-state index contributed by atoms with van der Waals surface area (Å²) in [7, 11) is 0. The van der Waals surface area contributed by atoms with E-state index in [4.69, 9.17) is 0 Å². The van der Waals surface area contributed by atoms with Gasteiger partial charge >= 0.3 is 0 Å². The van der Waals surface area contributed by atoms with Crippen LogP contribution >= 0.6 is 0 Å². The van der Waals surface area contributed by atoms with Gasteiger partial charge in [-0.15, -0.1) is 0 Å². The first kappa shape index (κ1) is 12.2. The van der Waals surface area contributed by atoms with Crippen LogP contribution in [0.15, 0.2) is 12.2 Å². The van der Waals surface area contributed by atoms with Gasteiger partial charge in [0, 0.05) is 19.1 Å². The zero-order chi connectivity index (χ0) is 11.5. The molecule has 1 saturated carbocycles. The second-order valence-electron chi connectivity index (χ2n) is 4.73.